The third-order valence-electron chi connectivity index (χ3n) is 1.02. The van der Waals surface area contributed by atoms with Gasteiger partial charge in [0.1, 0.15) is 0 Å². The molecular formula is C6H11F2. The van der Waals surface area contributed by atoms with Crippen molar-refractivity contribution < 1.29 is 8.78 Å². The third-order valence-corrected chi connectivity index (χ3v) is 1.02. The molecule has 0 aromatic carbocycles. The lowest BCUT2D eigenvalue weighted by atomic mass is 10.1. The van der Waals surface area contributed by atoms with Gasteiger partial charge >= 0.3 is 0 Å². The second-order valence-electron chi connectivity index (χ2n) is 1.88. The maximum atomic E-state index is 11.6. The molecule has 0 aromatic rings. The first-order chi connectivity index (χ1) is 3.68. The minimum atomic E-state index is -2.24. The molecule has 0 saturated heterocycles. The summed E-state index contributed by atoms with van der Waals surface area (Å²) in [5.41, 5.74) is 0. The highest BCUT2D eigenvalue weighted by molar-refractivity contribution is 4.61. The first-order valence-electron chi connectivity index (χ1n) is 2.79. The number of hydrogen-bond acceptors (Lipinski definition) is 0. The average molecular weight is 121 g/mol. The van der Waals surface area contributed by atoms with Gasteiger partial charge in [-0.25, -0.2) is 8.78 Å². The Morgan fingerprint density at radius 1 is 1.50 bits per heavy atom. The molecule has 0 aliphatic carbocycles. The lowest BCUT2D eigenvalue weighted by Crippen LogP contribution is -2.05. The molecule has 1 unspecified atom stereocenters. The van der Waals surface area contributed by atoms with Crippen LogP contribution in [0.2, 0.25) is 0 Å². The molecule has 0 rings (SSSR count). The standard InChI is InChI=1S/C6H11F2/c1-3-4-5(2)6(7)8/h5-6H,2-4H2,1H3. The summed E-state index contributed by atoms with van der Waals surface area (Å²) in [7, 11) is 0. The number of rotatable bonds is 3. The molecule has 0 amide bonds. The van der Waals surface area contributed by atoms with Crippen molar-refractivity contribution in [2.24, 2.45) is 5.92 Å². The molecule has 0 aliphatic rings. The van der Waals surface area contributed by atoms with Gasteiger partial charge in [-0.15, -0.1) is 0 Å². The van der Waals surface area contributed by atoms with Crippen LogP contribution in [0.15, 0.2) is 0 Å². The van der Waals surface area contributed by atoms with Crippen molar-refractivity contribution in [2.75, 3.05) is 0 Å². The van der Waals surface area contributed by atoms with Gasteiger partial charge in [0, 0.05) is 5.92 Å². The molecule has 0 N–H and O–H groups in total. The molecule has 2 heteroatoms. The van der Waals surface area contributed by atoms with Crippen molar-refractivity contribution in [3.8, 4) is 0 Å². The van der Waals surface area contributed by atoms with Crippen LogP contribution in [-0.2, 0) is 0 Å². The molecule has 0 bridgehead atoms. The van der Waals surface area contributed by atoms with Gasteiger partial charge in [0.15, 0.2) is 0 Å². The largest absolute Gasteiger partial charge is 0.241 e. The second kappa shape index (κ2) is 3.81. The van der Waals surface area contributed by atoms with Crippen LogP contribution in [0.25, 0.3) is 0 Å². The van der Waals surface area contributed by atoms with Crippen molar-refractivity contribution in [3.05, 3.63) is 6.92 Å². The molecule has 49 valence electrons. The van der Waals surface area contributed by atoms with E-state index < -0.39 is 12.3 Å². The predicted molar refractivity (Wildman–Crippen MR) is 29.8 cm³/mol. The molecule has 0 fully saturated rings. The zero-order chi connectivity index (χ0) is 6.57. The molecule has 0 spiro atoms. The van der Waals surface area contributed by atoms with E-state index in [1.165, 1.54) is 0 Å². The van der Waals surface area contributed by atoms with Crippen LogP contribution in [0.4, 0.5) is 8.78 Å². The molecule has 0 heterocycles. The van der Waals surface area contributed by atoms with Crippen molar-refractivity contribution >= 4 is 0 Å². The molecule has 0 aromatic heterocycles. The van der Waals surface area contributed by atoms with Crippen molar-refractivity contribution in [1.29, 1.82) is 0 Å². The molecule has 0 saturated carbocycles. The van der Waals surface area contributed by atoms with Gasteiger partial charge in [-0.2, -0.15) is 0 Å². The number of alkyl halides is 2. The minimum Gasteiger partial charge on any atom is -0.210 e. The molecule has 0 aliphatic heterocycles. The first kappa shape index (κ1) is 7.86. The van der Waals surface area contributed by atoms with Crippen LogP contribution in [0, 0.1) is 12.8 Å². The van der Waals surface area contributed by atoms with Crippen LogP contribution in [-0.4, -0.2) is 6.43 Å². The average Bonchev–Trinajstić information content (AvgIpc) is 1.67. The highest BCUT2D eigenvalue weighted by Gasteiger charge is 2.11. The van der Waals surface area contributed by atoms with Gasteiger partial charge in [-0.1, -0.05) is 13.3 Å². The summed E-state index contributed by atoms with van der Waals surface area (Å²) < 4.78 is 23.1. The van der Waals surface area contributed by atoms with E-state index in [2.05, 4.69) is 6.92 Å². The first-order valence-corrected chi connectivity index (χ1v) is 2.79. The summed E-state index contributed by atoms with van der Waals surface area (Å²) in [4.78, 5) is 0. The van der Waals surface area contributed by atoms with Crippen molar-refractivity contribution in [2.45, 2.75) is 26.2 Å². The predicted octanol–water partition coefficient (Wildman–Crippen LogP) is 2.50. The zero-order valence-corrected chi connectivity index (χ0v) is 5.03. The summed E-state index contributed by atoms with van der Waals surface area (Å²) in [6, 6.07) is 0. The molecular weight excluding hydrogens is 110 g/mol. The Balaban J connectivity index is 3.17. The highest BCUT2D eigenvalue weighted by atomic mass is 19.3. The van der Waals surface area contributed by atoms with E-state index in [1.54, 1.807) is 0 Å². The Kier molecular flexibility index (Phi) is 3.75. The second-order valence-corrected chi connectivity index (χ2v) is 1.88. The van der Waals surface area contributed by atoms with Crippen LogP contribution in [0.3, 0.4) is 0 Å². The molecule has 0 nitrogen and oxygen atoms in total. The maximum absolute atomic E-state index is 11.6. The fourth-order valence-corrected chi connectivity index (χ4v) is 0.497. The van der Waals surface area contributed by atoms with Gasteiger partial charge in [0.2, 0.25) is 6.43 Å². The van der Waals surface area contributed by atoms with E-state index in [0.717, 1.165) is 6.42 Å². The Morgan fingerprint density at radius 3 is 2.12 bits per heavy atom. The fourth-order valence-electron chi connectivity index (χ4n) is 0.497. The lowest BCUT2D eigenvalue weighted by Gasteiger charge is -2.05. The SMILES string of the molecule is [CH2]C(CCC)C(F)F. The van der Waals surface area contributed by atoms with Crippen LogP contribution < -0.4 is 0 Å². The van der Waals surface area contributed by atoms with Crippen LogP contribution in [0.1, 0.15) is 19.8 Å². The zero-order valence-electron chi connectivity index (χ0n) is 5.03. The van der Waals surface area contributed by atoms with Gasteiger partial charge in [-0.05, 0) is 13.3 Å². The molecule has 1 atom stereocenters. The van der Waals surface area contributed by atoms with E-state index in [9.17, 15) is 8.78 Å². The van der Waals surface area contributed by atoms with Crippen LogP contribution in [0.5, 0.6) is 0 Å². The van der Waals surface area contributed by atoms with E-state index in [4.69, 9.17) is 0 Å². The van der Waals surface area contributed by atoms with E-state index in [1.807, 2.05) is 6.92 Å². The fraction of sp³-hybridized carbons (Fsp3) is 0.833. The Bertz CT molecular complexity index is 52.5. The number of halogens is 2. The summed E-state index contributed by atoms with van der Waals surface area (Å²) in [5.74, 6) is -0.667. The normalized spacial score (nSPS) is 14.6. The summed E-state index contributed by atoms with van der Waals surface area (Å²) in [6.07, 6.45) is -0.925. The van der Waals surface area contributed by atoms with Gasteiger partial charge in [-0.3, -0.25) is 0 Å². The molecule has 1 radical (unpaired) electrons. The monoisotopic (exact) mass is 121 g/mol. The Morgan fingerprint density at radius 2 is 2.00 bits per heavy atom. The van der Waals surface area contributed by atoms with E-state index >= 15 is 0 Å². The summed E-state index contributed by atoms with van der Waals surface area (Å²) in [6.45, 7) is 5.15. The Labute approximate surface area is 48.9 Å². The summed E-state index contributed by atoms with van der Waals surface area (Å²) in [5, 5.41) is 0. The van der Waals surface area contributed by atoms with E-state index in [-0.39, 0.29) is 0 Å². The minimum absolute atomic E-state index is 0.525. The van der Waals surface area contributed by atoms with Crippen LogP contribution >= 0.6 is 0 Å². The maximum Gasteiger partial charge on any atom is 0.241 e. The quantitative estimate of drug-likeness (QED) is 0.538. The van der Waals surface area contributed by atoms with Gasteiger partial charge in [0.05, 0.1) is 0 Å². The van der Waals surface area contributed by atoms with E-state index in [0.29, 0.717) is 6.42 Å². The van der Waals surface area contributed by atoms with Gasteiger partial charge < -0.3 is 0 Å². The topological polar surface area (TPSA) is 0 Å². The summed E-state index contributed by atoms with van der Waals surface area (Å²) >= 11 is 0. The lowest BCUT2D eigenvalue weighted by molar-refractivity contribution is 0.0942. The smallest absolute Gasteiger partial charge is 0.210 e. The third kappa shape index (κ3) is 2.94. The number of hydrogen-bond donors (Lipinski definition) is 0. The van der Waals surface area contributed by atoms with Crippen molar-refractivity contribution in [1.82, 2.24) is 0 Å². The van der Waals surface area contributed by atoms with Crippen molar-refractivity contribution in [3.63, 3.8) is 0 Å². The molecule has 8 heavy (non-hydrogen) atoms. The highest BCUT2D eigenvalue weighted by Crippen LogP contribution is 2.13. The Hall–Kier alpha value is -0.140. The van der Waals surface area contributed by atoms with Gasteiger partial charge in [0.25, 0.3) is 0 Å².